The maximum atomic E-state index is 11.9. The van der Waals surface area contributed by atoms with Crippen LogP contribution in [0.5, 0.6) is 0 Å². The predicted molar refractivity (Wildman–Crippen MR) is 66.0 cm³/mol. The van der Waals surface area contributed by atoms with Gasteiger partial charge in [-0.1, -0.05) is 13.8 Å². The molecule has 1 rings (SSSR count). The summed E-state index contributed by atoms with van der Waals surface area (Å²) in [6.45, 7) is 9.46. The lowest BCUT2D eigenvalue weighted by atomic mass is 10.4. The first-order valence-corrected chi connectivity index (χ1v) is 7.62. The molecule has 0 radical (unpaired) electrons. The van der Waals surface area contributed by atoms with Crippen LogP contribution in [0.1, 0.15) is 13.8 Å². The van der Waals surface area contributed by atoms with Gasteiger partial charge in [0, 0.05) is 32.7 Å². The molecule has 6 heteroatoms. The standard InChI is InChI=1S/C10H23N3O2S/c1-3-11-5-10-16(14,15)13-8-6-12(4-2)7-9-13/h11H,3-10H2,1-2H3. The Morgan fingerprint density at radius 3 is 2.25 bits per heavy atom. The summed E-state index contributed by atoms with van der Waals surface area (Å²) in [5.41, 5.74) is 0. The highest BCUT2D eigenvalue weighted by Crippen LogP contribution is 2.07. The van der Waals surface area contributed by atoms with Crippen molar-refractivity contribution in [3.63, 3.8) is 0 Å². The van der Waals surface area contributed by atoms with Gasteiger partial charge in [0.1, 0.15) is 0 Å². The van der Waals surface area contributed by atoms with Gasteiger partial charge < -0.3 is 10.2 Å². The molecule has 16 heavy (non-hydrogen) atoms. The van der Waals surface area contributed by atoms with Gasteiger partial charge in [0.25, 0.3) is 0 Å². The van der Waals surface area contributed by atoms with Crippen molar-refractivity contribution in [2.75, 3.05) is 51.6 Å². The molecule has 0 spiro atoms. The summed E-state index contributed by atoms with van der Waals surface area (Å²) in [7, 11) is -3.04. The van der Waals surface area contributed by atoms with E-state index in [-0.39, 0.29) is 5.75 Å². The van der Waals surface area contributed by atoms with Gasteiger partial charge in [0.2, 0.25) is 10.0 Å². The zero-order valence-electron chi connectivity index (χ0n) is 10.3. The summed E-state index contributed by atoms with van der Waals surface area (Å²) >= 11 is 0. The first-order chi connectivity index (χ1) is 7.60. The third-order valence-corrected chi connectivity index (χ3v) is 4.83. The van der Waals surface area contributed by atoms with Gasteiger partial charge in [-0.2, -0.15) is 4.31 Å². The second-order valence-corrected chi connectivity index (χ2v) is 6.09. The van der Waals surface area contributed by atoms with Crippen molar-refractivity contribution in [3.8, 4) is 0 Å². The maximum Gasteiger partial charge on any atom is 0.215 e. The molecule has 1 N–H and O–H groups in total. The molecule has 0 aromatic carbocycles. The van der Waals surface area contributed by atoms with Gasteiger partial charge in [-0.05, 0) is 13.1 Å². The predicted octanol–water partition coefficient (Wildman–Crippen LogP) is -0.437. The van der Waals surface area contributed by atoms with Gasteiger partial charge in [-0.15, -0.1) is 0 Å². The Morgan fingerprint density at radius 1 is 1.12 bits per heavy atom. The van der Waals surface area contributed by atoms with Crippen molar-refractivity contribution in [1.82, 2.24) is 14.5 Å². The van der Waals surface area contributed by atoms with Crippen LogP contribution < -0.4 is 5.32 Å². The molecular formula is C10H23N3O2S. The minimum Gasteiger partial charge on any atom is -0.316 e. The van der Waals surface area contributed by atoms with Crippen LogP contribution in [0.25, 0.3) is 0 Å². The van der Waals surface area contributed by atoms with E-state index >= 15 is 0 Å². The third-order valence-electron chi connectivity index (χ3n) is 2.96. The van der Waals surface area contributed by atoms with E-state index in [0.29, 0.717) is 19.6 Å². The fraction of sp³-hybridized carbons (Fsp3) is 1.00. The van der Waals surface area contributed by atoms with Gasteiger partial charge in [-0.25, -0.2) is 8.42 Å². The normalized spacial score (nSPS) is 20.1. The van der Waals surface area contributed by atoms with E-state index in [1.54, 1.807) is 4.31 Å². The van der Waals surface area contributed by atoms with Crippen molar-refractivity contribution in [3.05, 3.63) is 0 Å². The van der Waals surface area contributed by atoms with Crippen LogP contribution in [-0.4, -0.2) is 69.2 Å². The van der Waals surface area contributed by atoms with Crippen LogP contribution >= 0.6 is 0 Å². The van der Waals surface area contributed by atoms with Crippen LogP contribution in [-0.2, 0) is 10.0 Å². The lowest BCUT2D eigenvalue weighted by molar-refractivity contribution is 0.196. The first-order valence-electron chi connectivity index (χ1n) is 6.01. The van der Waals surface area contributed by atoms with Crippen LogP contribution in [0.2, 0.25) is 0 Å². The monoisotopic (exact) mass is 249 g/mol. The molecule has 1 aliphatic rings. The van der Waals surface area contributed by atoms with E-state index < -0.39 is 10.0 Å². The molecule has 0 bridgehead atoms. The Labute approximate surface area is 98.8 Å². The molecule has 0 aromatic rings. The van der Waals surface area contributed by atoms with Crippen molar-refractivity contribution in [2.24, 2.45) is 0 Å². The summed E-state index contributed by atoms with van der Waals surface area (Å²) in [6, 6.07) is 0. The molecule has 0 atom stereocenters. The number of piperazine rings is 1. The average molecular weight is 249 g/mol. The summed E-state index contributed by atoms with van der Waals surface area (Å²) in [4.78, 5) is 2.27. The van der Waals surface area contributed by atoms with Crippen molar-refractivity contribution in [1.29, 1.82) is 0 Å². The minimum atomic E-state index is -3.04. The van der Waals surface area contributed by atoms with Crippen LogP contribution in [0, 0.1) is 0 Å². The quantitative estimate of drug-likeness (QED) is 0.649. The van der Waals surface area contributed by atoms with E-state index in [4.69, 9.17) is 0 Å². The van der Waals surface area contributed by atoms with E-state index in [0.717, 1.165) is 26.2 Å². The molecular weight excluding hydrogens is 226 g/mol. The molecule has 5 nitrogen and oxygen atoms in total. The Bertz CT molecular complexity index is 284. The van der Waals surface area contributed by atoms with Crippen LogP contribution in [0.15, 0.2) is 0 Å². The van der Waals surface area contributed by atoms with Gasteiger partial charge in [-0.3, -0.25) is 0 Å². The second kappa shape index (κ2) is 6.54. The Kier molecular flexibility index (Phi) is 5.68. The lowest BCUT2D eigenvalue weighted by Crippen LogP contribution is -2.49. The van der Waals surface area contributed by atoms with Crippen molar-refractivity contribution >= 4 is 10.0 Å². The minimum absolute atomic E-state index is 0.215. The zero-order chi connectivity index (χ0) is 12.0. The number of nitrogens with zero attached hydrogens (tertiary/aromatic N) is 2. The number of likely N-dealkylation sites (N-methyl/N-ethyl adjacent to an activating group) is 1. The molecule has 1 fully saturated rings. The molecule has 0 saturated carbocycles. The highest BCUT2D eigenvalue weighted by atomic mass is 32.2. The summed E-state index contributed by atoms with van der Waals surface area (Å²) < 4.78 is 25.5. The fourth-order valence-electron chi connectivity index (χ4n) is 1.83. The molecule has 96 valence electrons. The summed E-state index contributed by atoms with van der Waals surface area (Å²) in [5.74, 6) is 0.215. The Balaban J connectivity index is 2.39. The highest BCUT2D eigenvalue weighted by Gasteiger charge is 2.25. The number of rotatable bonds is 6. The number of hydrogen-bond donors (Lipinski definition) is 1. The van der Waals surface area contributed by atoms with E-state index in [1.165, 1.54) is 0 Å². The Hall–Kier alpha value is -0.170. The molecule has 1 aliphatic heterocycles. The number of hydrogen-bond acceptors (Lipinski definition) is 4. The zero-order valence-corrected chi connectivity index (χ0v) is 11.1. The van der Waals surface area contributed by atoms with Crippen LogP contribution in [0.4, 0.5) is 0 Å². The second-order valence-electron chi connectivity index (χ2n) is 4.00. The summed E-state index contributed by atoms with van der Waals surface area (Å²) in [5, 5.41) is 3.05. The largest absolute Gasteiger partial charge is 0.316 e. The van der Waals surface area contributed by atoms with Gasteiger partial charge in [0.15, 0.2) is 0 Å². The summed E-state index contributed by atoms with van der Waals surface area (Å²) in [6.07, 6.45) is 0. The van der Waals surface area contributed by atoms with Crippen molar-refractivity contribution < 1.29 is 8.42 Å². The van der Waals surface area contributed by atoms with E-state index in [2.05, 4.69) is 17.1 Å². The molecule has 0 unspecified atom stereocenters. The van der Waals surface area contributed by atoms with Crippen LogP contribution in [0.3, 0.4) is 0 Å². The van der Waals surface area contributed by atoms with E-state index in [1.807, 2.05) is 6.92 Å². The maximum absolute atomic E-state index is 11.9. The third kappa shape index (κ3) is 4.01. The molecule has 0 aliphatic carbocycles. The number of sulfonamides is 1. The number of nitrogens with one attached hydrogen (secondary N) is 1. The highest BCUT2D eigenvalue weighted by molar-refractivity contribution is 7.89. The fourth-order valence-corrected chi connectivity index (χ4v) is 3.21. The lowest BCUT2D eigenvalue weighted by Gasteiger charge is -2.33. The molecule has 1 heterocycles. The SMILES string of the molecule is CCNCCS(=O)(=O)N1CCN(CC)CC1. The molecule has 0 aromatic heterocycles. The Morgan fingerprint density at radius 2 is 1.75 bits per heavy atom. The van der Waals surface area contributed by atoms with Crippen molar-refractivity contribution in [2.45, 2.75) is 13.8 Å². The average Bonchev–Trinajstić information content (AvgIpc) is 2.29. The van der Waals surface area contributed by atoms with Gasteiger partial charge in [0.05, 0.1) is 5.75 Å². The van der Waals surface area contributed by atoms with E-state index in [9.17, 15) is 8.42 Å². The molecule has 0 amide bonds. The molecule has 1 saturated heterocycles. The van der Waals surface area contributed by atoms with Gasteiger partial charge >= 0.3 is 0 Å². The smallest absolute Gasteiger partial charge is 0.215 e. The first kappa shape index (κ1) is 13.9. The topological polar surface area (TPSA) is 52.7 Å².